The Bertz CT molecular complexity index is 1390. The summed E-state index contributed by atoms with van der Waals surface area (Å²) in [6, 6.07) is 2.92. The topological polar surface area (TPSA) is 139 Å². The summed E-state index contributed by atoms with van der Waals surface area (Å²) in [6.07, 6.45) is 11.8. The number of anilines is 1. The molecule has 1 saturated carbocycles. The average Bonchev–Trinajstić information content (AvgIpc) is 3.72. The summed E-state index contributed by atoms with van der Waals surface area (Å²) in [5.74, 6) is 0.0812. The number of ether oxygens (including phenoxy) is 1. The van der Waals surface area contributed by atoms with Crippen LogP contribution in [0.1, 0.15) is 67.0 Å². The van der Waals surface area contributed by atoms with Crippen molar-refractivity contribution in [3.8, 4) is 16.5 Å². The fourth-order valence-electron chi connectivity index (χ4n) is 4.99. The number of thiazole rings is 1. The van der Waals surface area contributed by atoms with Crippen LogP contribution in [0.5, 0.6) is 5.88 Å². The van der Waals surface area contributed by atoms with Crippen molar-refractivity contribution in [3.05, 3.63) is 47.6 Å². The Balaban J connectivity index is 1.34. The molecule has 2 fully saturated rings. The summed E-state index contributed by atoms with van der Waals surface area (Å²) >= 11 is 1.22. The number of pyridine rings is 1. The molecule has 2 N–H and O–H groups in total. The molecule has 0 radical (unpaired) electrons. The van der Waals surface area contributed by atoms with E-state index in [9.17, 15) is 13.2 Å². The van der Waals surface area contributed by atoms with Crippen LogP contribution in [0.15, 0.2) is 36.9 Å². The van der Waals surface area contributed by atoms with E-state index in [-0.39, 0.29) is 16.2 Å². The number of carbonyl (C=O) groups excluding carboxylic acids is 1. The van der Waals surface area contributed by atoms with Crippen molar-refractivity contribution in [1.82, 2.24) is 30.2 Å². The first-order chi connectivity index (χ1) is 18.9. The van der Waals surface area contributed by atoms with Gasteiger partial charge in [-0.2, -0.15) is 0 Å². The van der Waals surface area contributed by atoms with Crippen LogP contribution in [0.2, 0.25) is 0 Å². The third kappa shape index (κ3) is 6.89. The number of nitrogens with one attached hydrogen (secondary N) is 2. The molecule has 5 rings (SSSR count). The van der Waals surface area contributed by atoms with Gasteiger partial charge < -0.3 is 15.0 Å². The first-order valence-electron chi connectivity index (χ1n) is 13.3. The minimum Gasteiger partial charge on any atom is -0.477 e. The van der Waals surface area contributed by atoms with E-state index in [1.807, 2.05) is 6.92 Å². The molecular formula is C26H33N7O4S2. The Kier molecular flexibility index (Phi) is 8.68. The fourth-order valence-corrected chi connectivity index (χ4v) is 7.34. The van der Waals surface area contributed by atoms with Crippen LogP contribution < -0.4 is 14.8 Å². The molecule has 0 bridgehead atoms. The molecule has 1 aliphatic heterocycles. The minimum atomic E-state index is -3.48. The largest absolute Gasteiger partial charge is 0.477 e. The zero-order valence-corrected chi connectivity index (χ0v) is 23.5. The van der Waals surface area contributed by atoms with Gasteiger partial charge in [-0.3, -0.25) is 19.5 Å². The molecule has 1 amide bonds. The Morgan fingerprint density at radius 3 is 2.72 bits per heavy atom. The number of amides is 1. The molecule has 1 aliphatic carbocycles. The normalized spacial score (nSPS) is 17.3. The number of likely N-dealkylation sites (tertiary alicyclic amines) is 1. The van der Waals surface area contributed by atoms with Crippen LogP contribution in [-0.2, 0) is 10.0 Å². The summed E-state index contributed by atoms with van der Waals surface area (Å²) in [5, 5.41) is 3.01. The van der Waals surface area contributed by atoms with Crippen LogP contribution in [0, 0.1) is 0 Å². The van der Waals surface area contributed by atoms with E-state index in [1.54, 1.807) is 36.9 Å². The van der Waals surface area contributed by atoms with Crippen molar-refractivity contribution >= 4 is 33.0 Å². The van der Waals surface area contributed by atoms with Crippen LogP contribution in [0.3, 0.4) is 0 Å². The maximum Gasteiger partial charge on any atom is 0.280 e. The highest BCUT2D eigenvalue weighted by atomic mass is 32.2. The number of hydrogen-bond acceptors (Lipinski definition) is 10. The van der Waals surface area contributed by atoms with E-state index in [0.717, 1.165) is 38.8 Å². The highest BCUT2D eigenvalue weighted by Crippen LogP contribution is 2.28. The Labute approximate surface area is 232 Å². The standard InChI is InChI=1S/C26H33N7O4S2/c1-2-37-24-16-27-14-21(30-24)23-15-29-26(38-23)25(34)31-22(17-33-11-5-6-12-33)20-13-18(9-10-28-20)32-39(35,36)19-7-3-4-8-19/h9-10,13-16,19,22H,2-8,11-12,17H2,1H3,(H,28,32)(H,31,34)/t22-/m0/s1. The zero-order valence-electron chi connectivity index (χ0n) is 21.9. The van der Waals surface area contributed by atoms with Gasteiger partial charge >= 0.3 is 0 Å². The quantitative estimate of drug-likeness (QED) is 0.353. The summed E-state index contributed by atoms with van der Waals surface area (Å²) in [6.45, 7) is 4.80. The lowest BCUT2D eigenvalue weighted by Gasteiger charge is -2.24. The number of hydrogen-bond donors (Lipinski definition) is 2. The molecule has 1 atom stereocenters. The maximum atomic E-state index is 13.3. The molecule has 11 nitrogen and oxygen atoms in total. The molecule has 208 valence electrons. The first kappa shape index (κ1) is 27.4. The van der Waals surface area contributed by atoms with Gasteiger partial charge in [0.2, 0.25) is 15.9 Å². The van der Waals surface area contributed by atoms with Gasteiger partial charge in [0.15, 0.2) is 5.01 Å². The van der Waals surface area contributed by atoms with Crippen molar-refractivity contribution in [1.29, 1.82) is 0 Å². The molecule has 39 heavy (non-hydrogen) atoms. The van der Waals surface area contributed by atoms with E-state index < -0.39 is 16.1 Å². The smallest absolute Gasteiger partial charge is 0.280 e. The minimum absolute atomic E-state index is 0.290. The summed E-state index contributed by atoms with van der Waals surface area (Å²) in [7, 11) is -3.48. The molecule has 0 aromatic carbocycles. The molecule has 0 spiro atoms. The van der Waals surface area contributed by atoms with E-state index in [2.05, 4.69) is 34.9 Å². The zero-order chi connectivity index (χ0) is 27.2. The van der Waals surface area contributed by atoms with E-state index in [4.69, 9.17) is 4.74 Å². The number of aromatic nitrogens is 4. The highest BCUT2D eigenvalue weighted by molar-refractivity contribution is 7.93. The van der Waals surface area contributed by atoms with Crippen LogP contribution in [0.4, 0.5) is 5.69 Å². The lowest BCUT2D eigenvalue weighted by Crippen LogP contribution is -2.37. The molecule has 13 heteroatoms. The highest BCUT2D eigenvalue weighted by Gasteiger charge is 2.29. The van der Waals surface area contributed by atoms with Gasteiger partial charge in [0.25, 0.3) is 5.91 Å². The molecule has 2 aliphatic rings. The Hall–Kier alpha value is -3.16. The Morgan fingerprint density at radius 2 is 1.95 bits per heavy atom. The van der Waals surface area contributed by atoms with Crippen molar-refractivity contribution < 1.29 is 17.9 Å². The number of nitrogens with zero attached hydrogens (tertiary/aromatic N) is 5. The summed E-state index contributed by atoms with van der Waals surface area (Å²) < 4.78 is 33.9. The predicted molar refractivity (Wildman–Crippen MR) is 149 cm³/mol. The lowest BCUT2D eigenvalue weighted by molar-refractivity contribution is 0.0925. The van der Waals surface area contributed by atoms with Crippen molar-refractivity contribution in [2.24, 2.45) is 0 Å². The number of carbonyl (C=O) groups is 1. The van der Waals surface area contributed by atoms with E-state index >= 15 is 0 Å². The monoisotopic (exact) mass is 571 g/mol. The second-order valence-electron chi connectivity index (χ2n) is 9.76. The van der Waals surface area contributed by atoms with Gasteiger partial charge in [-0.05, 0) is 57.8 Å². The lowest BCUT2D eigenvalue weighted by atomic mass is 10.1. The summed E-state index contributed by atoms with van der Waals surface area (Å²) in [4.78, 5) is 33.7. The van der Waals surface area contributed by atoms with Gasteiger partial charge in [-0.1, -0.05) is 12.8 Å². The van der Waals surface area contributed by atoms with Gasteiger partial charge in [0.05, 0.1) is 46.6 Å². The molecule has 0 unspecified atom stereocenters. The molecule has 3 aromatic heterocycles. The van der Waals surface area contributed by atoms with Crippen LogP contribution >= 0.6 is 11.3 Å². The molecule has 3 aromatic rings. The maximum absolute atomic E-state index is 13.3. The fraction of sp³-hybridized carbons (Fsp3) is 0.500. The average molecular weight is 572 g/mol. The van der Waals surface area contributed by atoms with E-state index in [1.165, 1.54) is 11.3 Å². The van der Waals surface area contributed by atoms with Gasteiger partial charge in [-0.25, -0.2) is 18.4 Å². The molecular weight excluding hydrogens is 538 g/mol. The van der Waals surface area contributed by atoms with Gasteiger partial charge in [0.1, 0.15) is 5.69 Å². The van der Waals surface area contributed by atoms with Crippen LogP contribution in [0.25, 0.3) is 10.6 Å². The number of rotatable bonds is 11. The second kappa shape index (κ2) is 12.3. The van der Waals surface area contributed by atoms with Crippen molar-refractivity contribution in [3.63, 3.8) is 0 Å². The van der Waals surface area contributed by atoms with Gasteiger partial charge in [-0.15, -0.1) is 11.3 Å². The molecule has 4 heterocycles. The van der Waals surface area contributed by atoms with Gasteiger partial charge in [0, 0.05) is 18.9 Å². The number of sulfonamides is 1. The predicted octanol–water partition coefficient (Wildman–Crippen LogP) is 3.65. The third-order valence-corrected chi connectivity index (χ3v) is 9.83. The van der Waals surface area contributed by atoms with Crippen molar-refractivity contribution in [2.45, 2.75) is 56.7 Å². The van der Waals surface area contributed by atoms with E-state index in [0.29, 0.717) is 53.8 Å². The molecule has 1 saturated heterocycles. The summed E-state index contributed by atoms with van der Waals surface area (Å²) in [5.41, 5.74) is 1.63. The van der Waals surface area contributed by atoms with Crippen LogP contribution in [-0.4, -0.2) is 70.7 Å². The van der Waals surface area contributed by atoms with Crippen molar-refractivity contribution in [2.75, 3.05) is 31.0 Å². The SMILES string of the molecule is CCOc1cncc(-c2cnc(C(=O)N[C@@H](CN3CCCC3)c3cc(NS(=O)(=O)C4CCCC4)ccn3)s2)n1. The second-order valence-corrected chi connectivity index (χ2v) is 12.8. The first-order valence-corrected chi connectivity index (χ1v) is 15.7. The third-order valence-electron chi connectivity index (χ3n) is 6.94. The Morgan fingerprint density at radius 1 is 1.15 bits per heavy atom.